The van der Waals surface area contributed by atoms with Crippen LogP contribution in [-0.2, 0) is 13.6 Å². The number of ether oxygens (including phenoxy) is 1. The SMILES string of the molecule is COc1c(C(C)N2C[C@H](C)N(c3cc(=O)n(C)c4cn(CC#N)nc34)C[C@H]2C)ccc(F)c1F. The normalized spacial score (nSPS) is 19.9. The zero-order valence-corrected chi connectivity index (χ0v) is 19.9. The highest BCUT2D eigenvalue weighted by Gasteiger charge is 2.35. The van der Waals surface area contributed by atoms with Crippen molar-refractivity contribution >= 4 is 16.7 Å². The molecular weight excluding hydrogens is 442 g/mol. The van der Waals surface area contributed by atoms with Crippen LogP contribution in [0.5, 0.6) is 5.75 Å². The number of nitriles is 1. The number of anilines is 1. The van der Waals surface area contributed by atoms with Gasteiger partial charge in [-0.2, -0.15) is 14.8 Å². The minimum atomic E-state index is -0.985. The average molecular weight is 471 g/mol. The molecule has 3 aromatic rings. The summed E-state index contributed by atoms with van der Waals surface area (Å²) in [5, 5.41) is 13.6. The number of methoxy groups -OCH3 is 1. The van der Waals surface area contributed by atoms with E-state index in [1.54, 1.807) is 25.4 Å². The van der Waals surface area contributed by atoms with E-state index in [-0.39, 0.29) is 36.0 Å². The number of hydrogen-bond acceptors (Lipinski definition) is 6. The topological polar surface area (TPSA) is 79.3 Å². The maximum atomic E-state index is 14.3. The summed E-state index contributed by atoms with van der Waals surface area (Å²) in [4.78, 5) is 17.1. The molecule has 0 amide bonds. The first-order valence-electron chi connectivity index (χ1n) is 11.2. The second-order valence-electron chi connectivity index (χ2n) is 8.85. The van der Waals surface area contributed by atoms with Gasteiger partial charge in [-0.15, -0.1) is 0 Å². The molecule has 10 heteroatoms. The molecule has 34 heavy (non-hydrogen) atoms. The molecule has 1 aromatic carbocycles. The first-order chi connectivity index (χ1) is 16.2. The predicted octanol–water partition coefficient (Wildman–Crippen LogP) is 3.21. The number of piperazine rings is 1. The fourth-order valence-electron chi connectivity index (χ4n) is 4.90. The van der Waals surface area contributed by atoms with Gasteiger partial charge in [-0.3, -0.25) is 14.4 Å². The summed E-state index contributed by atoms with van der Waals surface area (Å²) in [5.41, 5.74) is 2.49. The van der Waals surface area contributed by atoms with Crippen LogP contribution in [0.4, 0.5) is 14.5 Å². The molecule has 0 aliphatic carbocycles. The first-order valence-corrected chi connectivity index (χ1v) is 11.2. The van der Waals surface area contributed by atoms with Gasteiger partial charge in [-0.05, 0) is 26.8 Å². The highest BCUT2D eigenvalue weighted by molar-refractivity contribution is 5.88. The summed E-state index contributed by atoms with van der Waals surface area (Å²) in [6.07, 6.45) is 1.71. The number of aryl methyl sites for hydroxylation is 1. The van der Waals surface area contributed by atoms with Crippen LogP contribution in [0.1, 0.15) is 32.4 Å². The molecule has 8 nitrogen and oxygen atoms in total. The third-order valence-electron chi connectivity index (χ3n) is 6.75. The van der Waals surface area contributed by atoms with Crippen molar-refractivity contribution in [2.75, 3.05) is 25.1 Å². The van der Waals surface area contributed by atoms with Crippen molar-refractivity contribution in [3.05, 3.63) is 51.9 Å². The van der Waals surface area contributed by atoms with E-state index >= 15 is 0 Å². The van der Waals surface area contributed by atoms with E-state index in [0.29, 0.717) is 29.7 Å². The zero-order chi connectivity index (χ0) is 24.7. The summed E-state index contributed by atoms with van der Waals surface area (Å²) in [5.74, 6) is -2.00. The Hall–Kier alpha value is -3.45. The van der Waals surface area contributed by atoms with E-state index in [1.807, 2.05) is 6.92 Å². The maximum absolute atomic E-state index is 14.3. The molecule has 1 aliphatic heterocycles. The Balaban J connectivity index is 1.68. The summed E-state index contributed by atoms with van der Waals surface area (Å²) >= 11 is 0. The Morgan fingerprint density at radius 3 is 2.68 bits per heavy atom. The monoisotopic (exact) mass is 470 g/mol. The molecule has 0 spiro atoms. The Morgan fingerprint density at radius 1 is 1.26 bits per heavy atom. The molecule has 4 rings (SSSR count). The van der Waals surface area contributed by atoms with Gasteiger partial charge in [0.05, 0.1) is 30.6 Å². The van der Waals surface area contributed by atoms with E-state index in [2.05, 4.69) is 34.8 Å². The van der Waals surface area contributed by atoms with Crippen LogP contribution in [0, 0.1) is 23.0 Å². The number of nitrogens with zero attached hydrogens (tertiary/aromatic N) is 6. The third-order valence-corrected chi connectivity index (χ3v) is 6.75. The summed E-state index contributed by atoms with van der Waals surface area (Å²) in [6, 6.07) is 6.18. The van der Waals surface area contributed by atoms with Crippen molar-refractivity contribution in [2.24, 2.45) is 7.05 Å². The van der Waals surface area contributed by atoms with E-state index < -0.39 is 11.6 Å². The summed E-state index contributed by atoms with van der Waals surface area (Å²) in [7, 11) is 3.03. The lowest BCUT2D eigenvalue weighted by Crippen LogP contribution is -2.57. The minimum absolute atomic E-state index is 0.00589. The van der Waals surface area contributed by atoms with Crippen molar-refractivity contribution in [2.45, 2.75) is 45.4 Å². The van der Waals surface area contributed by atoms with E-state index in [1.165, 1.54) is 16.4 Å². The molecule has 0 N–H and O–H groups in total. The van der Waals surface area contributed by atoms with Crippen molar-refractivity contribution in [1.82, 2.24) is 19.2 Å². The number of halogens is 2. The molecule has 2 aromatic heterocycles. The second-order valence-corrected chi connectivity index (χ2v) is 8.85. The largest absolute Gasteiger partial charge is 0.493 e. The molecule has 3 atom stereocenters. The lowest BCUT2D eigenvalue weighted by molar-refractivity contribution is 0.117. The van der Waals surface area contributed by atoms with Gasteiger partial charge >= 0.3 is 0 Å². The van der Waals surface area contributed by atoms with Crippen molar-refractivity contribution in [3.63, 3.8) is 0 Å². The molecule has 3 heterocycles. The summed E-state index contributed by atoms with van der Waals surface area (Å²) in [6.45, 7) is 7.40. The number of aromatic nitrogens is 3. The van der Waals surface area contributed by atoms with E-state index in [0.717, 1.165) is 11.8 Å². The highest BCUT2D eigenvalue weighted by Crippen LogP contribution is 2.36. The lowest BCUT2D eigenvalue weighted by atomic mass is 9.99. The molecule has 180 valence electrons. The highest BCUT2D eigenvalue weighted by atomic mass is 19.2. The van der Waals surface area contributed by atoms with Crippen LogP contribution < -0.4 is 15.2 Å². The molecule has 0 radical (unpaired) electrons. The van der Waals surface area contributed by atoms with Crippen molar-refractivity contribution < 1.29 is 13.5 Å². The maximum Gasteiger partial charge on any atom is 0.252 e. The predicted molar refractivity (Wildman–Crippen MR) is 125 cm³/mol. The molecule has 1 saturated heterocycles. The van der Waals surface area contributed by atoms with Gasteiger partial charge in [-0.1, -0.05) is 6.07 Å². The van der Waals surface area contributed by atoms with Gasteiger partial charge in [0, 0.05) is 49.9 Å². The molecule has 1 aliphatic rings. The minimum Gasteiger partial charge on any atom is -0.493 e. The number of fused-ring (bicyclic) bond motifs is 1. The standard InChI is InChI=1S/C24H28F2N6O2/c1-14-12-32(19-10-21(33)29(4)20-13-30(9-8-27)28-23(19)20)15(2)11-31(14)16(3)17-6-7-18(25)22(26)24(17)34-5/h6-7,10,13-16H,9,11-12H2,1-5H3/t14-,15+,16?/m1/s1. The van der Waals surface area contributed by atoms with E-state index in [9.17, 15) is 13.6 Å². The van der Waals surface area contributed by atoms with Crippen molar-refractivity contribution in [3.8, 4) is 11.8 Å². The molecule has 0 bridgehead atoms. The van der Waals surface area contributed by atoms with Gasteiger partial charge in [-0.25, -0.2) is 4.39 Å². The van der Waals surface area contributed by atoms with Gasteiger partial charge in [0.2, 0.25) is 5.82 Å². The molecule has 1 unspecified atom stereocenters. The third kappa shape index (κ3) is 3.90. The number of pyridine rings is 1. The quantitative estimate of drug-likeness (QED) is 0.570. The zero-order valence-electron chi connectivity index (χ0n) is 19.9. The fraction of sp³-hybridized carbons (Fsp3) is 0.458. The van der Waals surface area contributed by atoms with Gasteiger partial charge in [0.1, 0.15) is 12.1 Å². The van der Waals surface area contributed by atoms with Crippen LogP contribution >= 0.6 is 0 Å². The Morgan fingerprint density at radius 2 is 2.00 bits per heavy atom. The van der Waals surface area contributed by atoms with E-state index in [4.69, 9.17) is 10.00 Å². The Bertz CT molecular complexity index is 1330. The van der Waals surface area contributed by atoms with Crippen molar-refractivity contribution in [1.29, 1.82) is 5.26 Å². The molecule has 1 fully saturated rings. The summed E-state index contributed by atoms with van der Waals surface area (Å²) < 4.78 is 36.3. The van der Waals surface area contributed by atoms with Crippen LogP contribution in [0.3, 0.4) is 0 Å². The molecule has 0 saturated carbocycles. The second kappa shape index (κ2) is 9.06. The number of benzene rings is 1. The van der Waals surface area contributed by atoms with Crippen LogP contribution in [0.15, 0.2) is 29.2 Å². The van der Waals surface area contributed by atoms with Gasteiger partial charge in [0.25, 0.3) is 5.56 Å². The van der Waals surface area contributed by atoms with Gasteiger partial charge in [0.15, 0.2) is 11.6 Å². The Labute approximate surface area is 196 Å². The van der Waals surface area contributed by atoms with Crippen LogP contribution in [-0.4, -0.2) is 51.5 Å². The van der Waals surface area contributed by atoms with Crippen LogP contribution in [0.25, 0.3) is 11.0 Å². The smallest absolute Gasteiger partial charge is 0.252 e. The number of hydrogen-bond donors (Lipinski definition) is 0. The number of rotatable bonds is 5. The van der Waals surface area contributed by atoms with Crippen LogP contribution in [0.2, 0.25) is 0 Å². The lowest BCUT2D eigenvalue weighted by Gasteiger charge is -2.47. The Kier molecular flexibility index (Phi) is 6.32. The first kappa shape index (κ1) is 23.7. The fourth-order valence-corrected chi connectivity index (χ4v) is 4.90. The average Bonchev–Trinajstić information content (AvgIpc) is 3.23. The molecular formula is C24H28F2N6O2. The van der Waals surface area contributed by atoms with Gasteiger partial charge < -0.3 is 14.2 Å².